The monoisotopic (exact) mass is 445 g/mol. The van der Waals surface area contributed by atoms with E-state index in [-0.39, 0.29) is 12.7 Å². The van der Waals surface area contributed by atoms with Crippen LogP contribution in [-0.4, -0.2) is 56.9 Å². The normalized spacial score (nSPS) is 17.4. The quantitative estimate of drug-likeness (QED) is 0.601. The van der Waals surface area contributed by atoms with Gasteiger partial charge in [-0.2, -0.15) is 5.10 Å². The molecule has 1 saturated heterocycles. The van der Waals surface area contributed by atoms with Crippen LogP contribution < -0.4 is 9.47 Å². The Hall–Kier alpha value is -3.39. The van der Waals surface area contributed by atoms with Crippen molar-refractivity contribution >= 4 is 5.91 Å². The summed E-state index contributed by atoms with van der Waals surface area (Å²) in [6.07, 6.45) is 6.61. The molecule has 33 heavy (non-hydrogen) atoms. The molecule has 0 bridgehead atoms. The molecule has 1 amide bonds. The largest absolute Gasteiger partial charge is 0.454 e. The molecule has 2 aromatic heterocycles. The van der Waals surface area contributed by atoms with Crippen LogP contribution >= 0.6 is 0 Å². The van der Waals surface area contributed by atoms with Gasteiger partial charge in [-0.15, -0.1) is 0 Å². The topological polar surface area (TPSA) is 72.7 Å². The third kappa shape index (κ3) is 3.95. The van der Waals surface area contributed by atoms with Crippen LogP contribution in [0.15, 0.2) is 42.7 Å². The minimum Gasteiger partial charge on any atom is -0.454 e. The lowest BCUT2D eigenvalue weighted by molar-refractivity contribution is 0.0783. The number of hydrogen-bond acceptors (Lipinski definition) is 6. The van der Waals surface area contributed by atoms with Crippen molar-refractivity contribution in [1.82, 2.24) is 24.6 Å². The Morgan fingerprint density at radius 1 is 0.939 bits per heavy atom. The maximum atomic E-state index is 13.4. The van der Waals surface area contributed by atoms with Gasteiger partial charge in [-0.05, 0) is 48.2 Å². The number of carbonyl (C=O) groups is 1. The lowest BCUT2D eigenvalue weighted by atomic mass is 10.0. The molecule has 0 atom stereocenters. The first kappa shape index (κ1) is 20.2. The number of rotatable bonds is 5. The zero-order chi connectivity index (χ0) is 22.2. The minimum absolute atomic E-state index is 0.0714. The molecule has 0 spiro atoms. The summed E-state index contributed by atoms with van der Waals surface area (Å²) in [5.74, 6) is 1.68. The van der Waals surface area contributed by atoms with Crippen molar-refractivity contribution < 1.29 is 14.3 Å². The average Bonchev–Trinajstić information content (AvgIpc) is 3.60. The van der Waals surface area contributed by atoms with E-state index >= 15 is 0 Å². The maximum absolute atomic E-state index is 13.4. The Balaban J connectivity index is 1.28. The first-order valence-corrected chi connectivity index (χ1v) is 11.6. The minimum atomic E-state index is 0.0714. The van der Waals surface area contributed by atoms with Gasteiger partial charge in [0.2, 0.25) is 6.79 Å². The summed E-state index contributed by atoms with van der Waals surface area (Å²) in [5.41, 5.74) is 5.19. The first-order chi connectivity index (χ1) is 16.2. The van der Waals surface area contributed by atoms with Crippen molar-refractivity contribution in [2.75, 3.05) is 26.4 Å². The fourth-order valence-corrected chi connectivity index (χ4v) is 5.01. The Bertz CT molecular complexity index is 1170. The van der Waals surface area contributed by atoms with E-state index in [1.807, 2.05) is 27.8 Å². The molecule has 1 aromatic carbocycles. The number of ether oxygens (including phenoxy) is 2. The number of fused-ring (bicyclic) bond motifs is 2. The molecule has 8 nitrogen and oxygen atoms in total. The van der Waals surface area contributed by atoms with Crippen LogP contribution in [0, 0.1) is 0 Å². The van der Waals surface area contributed by atoms with E-state index in [1.165, 1.54) is 11.3 Å². The second-order valence-electron chi connectivity index (χ2n) is 8.93. The molecular formula is C25H27N5O3. The Kier molecular flexibility index (Phi) is 5.22. The van der Waals surface area contributed by atoms with Gasteiger partial charge in [0, 0.05) is 62.8 Å². The number of amides is 1. The molecule has 0 unspecified atom stereocenters. The van der Waals surface area contributed by atoms with Crippen LogP contribution in [0.5, 0.6) is 11.5 Å². The van der Waals surface area contributed by atoms with Crippen molar-refractivity contribution in [1.29, 1.82) is 0 Å². The van der Waals surface area contributed by atoms with Crippen LogP contribution in [-0.2, 0) is 26.1 Å². The van der Waals surface area contributed by atoms with Gasteiger partial charge in [0.25, 0.3) is 5.91 Å². The molecule has 3 aliphatic rings. The number of hydrogen-bond donors (Lipinski definition) is 0. The zero-order valence-corrected chi connectivity index (χ0v) is 18.6. The summed E-state index contributed by atoms with van der Waals surface area (Å²) in [6, 6.07) is 10.1. The van der Waals surface area contributed by atoms with Crippen molar-refractivity contribution in [3.63, 3.8) is 0 Å². The van der Waals surface area contributed by atoms with Gasteiger partial charge < -0.3 is 14.4 Å². The van der Waals surface area contributed by atoms with E-state index in [9.17, 15) is 4.79 Å². The Labute approximate surface area is 192 Å². The van der Waals surface area contributed by atoms with Crippen molar-refractivity contribution in [3.8, 4) is 11.5 Å². The summed E-state index contributed by atoms with van der Waals surface area (Å²) >= 11 is 0. The van der Waals surface area contributed by atoms with Crippen LogP contribution in [0.4, 0.5) is 0 Å². The lowest BCUT2D eigenvalue weighted by Crippen LogP contribution is -2.33. The highest BCUT2D eigenvalue weighted by atomic mass is 16.7. The van der Waals surface area contributed by atoms with Gasteiger partial charge in [0.05, 0.1) is 6.54 Å². The number of likely N-dealkylation sites (tertiary alicyclic amines) is 1. The average molecular weight is 446 g/mol. The molecule has 0 N–H and O–H groups in total. The second kappa shape index (κ2) is 8.51. The van der Waals surface area contributed by atoms with Crippen molar-refractivity contribution in [2.45, 2.75) is 38.9 Å². The van der Waals surface area contributed by atoms with E-state index in [1.54, 1.807) is 12.4 Å². The number of pyridine rings is 1. The summed E-state index contributed by atoms with van der Waals surface area (Å²) in [7, 11) is 0. The molecule has 0 radical (unpaired) electrons. The smallest absolute Gasteiger partial charge is 0.274 e. The third-order valence-corrected chi connectivity index (χ3v) is 6.73. The molecule has 0 aliphatic carbocycles. The highest BCUT2D eigenvalue weighted by Gasteiger charge is 2.31. The highest BCUT2D eigenvalue weighted by Crippen LogP contribution is 2.33. The van der Waals surface area contributed by atoms with Crippen molar-refractivity contribution in [2.24, 2.45) is 0 Å². The van der Waals surface area contributed by atoms with Gasteiger partial charge in [0.15, 0.2) is 17.2 Å². The molecule has 170 valence electrons. The summed E-state index contributed by atoms with van der Waals surface area (Å²) < 4.78 is 13.0. The lowest BCUT2D eigenvalue weighted by Gasteiger charge is -2.28. The maximum Gasteiger partial charge on any atom is 0.274 e. The van der Waals surface area contributed by atoms with E-state index in [4.69, 9.17) is 14.6 Å². The number of nitrogens with zero attached hydrogens (tertiary/aromatic N) is 5. The number of carbonyl (C=O) groups excluding carboxylic acids is 1. The van der Waals surface area contributed by atoms with E-state index < -0.39 is 0 Å². The fourth-order valence-electron chi connectivity index (χ4n) is 5.01. The van der Waals surface area contributed by atoms with Gasteiger partial charge in [-0.3, -0.25) is 19.4 Å². The molecule has 6 rings (SSSR count). The molecule has 1 fully saturated rings. The van der Waals surface area contributed by atoms with Gasteiger partial charge in [-0.1, -0.05) is 6.07 Å². The molecule has 5 heterocycles. The predicted octanol–water partition coefficient (Wildman–Crippen LogP) is 2.85. The Morgan fingerprint density at radius 3 is 2.61 bits per heavy atom. The molecule has 8 heteroatoms. The van der Waals surface area contributed by atoms with E-state index in [0.29, 0.717) is 12.2 Å². The van der Waals surface area contributed by atoms with Crippen LogP contribution in [0.2, 0.25) is 0 Å². The van der Waals surface area contributed by atoms with Crippen LogP contribution in [0.1, 0.15) is 45.7 Å². The number of benzene rings is 1. The zero-order valence-electron chi connectivity index (χ0n) is 18.6. The summed E-state index contributed by atoms with van der Waals surface area (Å²) in [4.78, 5) is 21.8. The highest BCUT2D eigenvalue weighted by molar-refractivity contribution is 5.94. The summed E-state index contributed by atoms with van der Waals surface area (Å²) in [6.45, 7) is 5.01. The van der Waals surface area contributed by atoms with Gasteiger partial charge in [-0.25, -0.2) is 0 Å². The molecular weight excluding hydrogens is 418 g/mol. The van der Waals surface area contributed by atoms with Gasteiger partial charge >= 0.3 is 0 Å². The molecule has 3 aliphatic heterocycles. The molecule has 3 aromatic rings. The number of aromatic nitrogens is 3. The summed E-state index contributed by atoms with van der Waals surface area (Å²) in [5, 5.41) is 4.86. The SMILES string of the molecule is O=C(c1nn(Cc2ccncc2)c2c1CN(Cc1ccc3c(c1)OCO3)CC2)N1CCCC1. The second-order valence-corrected chi connectivity index (χ2v) is 8.93. The van der Waals surface area contributed by atoms with E-state index in [2.05, 4.69) is 22.0 Å². The van der Waals surface area contributed by atoms with Crippen LogP contribution in [0.25, 0.3) is 0 Å². The van der Waals surface area contributed by atoms with Gasteiger partial charge in [0.1, 0.15) is 0 Å². The van der Waals surface area contributed by atoms with Crippen LogP contribution in [0.3, 0.4) is 0 Å². The first-order valence-electron chi connectivity index (χ1n) is 11.6. The fraction of sp³-hybridized carbons (Fsp3) is 0.400. The van der Waals surface area contributed by atoms with Crippen molar-refractivity contribution in [3.05, 3.63) is 70.8 Å². The standard InChI is InChI=1S/C25H27N5O3/c31-25(29-10-1-2-11-29)24-20-16-28(14-19-3-4-22-23(13-19)33-17-32-22)12-7-21(20)30(27-24)15-18-5-8-26-9-6-18/h3-6,8-9,13H,1-2,7,10-12,14-17H2. The Morgan fingerprint density at radius 2 is 1.76 bits per heavy atom. The third-order valence-electron chi connectivity index (χ3n) is 6.73. The molecule has 0 saturated carbocycles. The van der Waals surface area contributed by atoms with E-state index in [0.717, 1.165) is 74.6 Å². The predicted molar refractivity (Wildman–Crippen MR) is 121 cm³/mol.